The Morgan fingerprint density at radius 3 is 2.74 bits per heavy atom. The maximum atomic E-state index is 13.2. The van der Waals surface area contributed by atoms with Gasteiger partial charge in [-0.05, 0) is 67.5 Å². The third kappa shape index (κ3) is 7.03. The Bertz CT molecular complexity index is 924. The van der Waals surface area contributed by atoms with Crippen molar-refractivity contribution < 1.29 is 29.3 Å². The molecular formula is C25H33IN2O6. The first-order valence-electron chi connectivity index (χ1n) is 11.6. The van der Waals surface area contributed by atoms with Crippen LogP contribution in [0.3, 0.4) is 0 Å². The van der Waals surface area contributed by atoms with E-state index in [1.807, 2.05) is 32.0 Å². The van der Waals surface area contributed by atoms with Crippen molar-refractivity contribution in [3.05, 3.63) is 51.1 Å². The maximum Gasteiger partial charge on any atom is 0.247 e. The molecule has 4 atom stereocenters. The number of hydrogen-bond donors (Lipinski definition) is 3. The number of carbonyl (C=O) groups excluding carboxylic acids is 2. The van der Waals surface area contributed by atoms with Gasteiger partial charge in [-0.15, -0.1) is 0 Å². The van der Waals surface area contributed by atoms with E-state index in [1.54, 1.807) is 23.1 Å². The summed E-state index contributed by atoms with van der Waals surface area (Å²) in [5.74, 6) is -0.000821. The van der Waals surface area contributed by atoms with Crippen molar-refractivity contribution >= 4 is 34.4 Å². The number of allylic oxidation sites excluding steroid dienone is 1. The van der Waals surface area contributed by atoms with Crippen LogP contribution in [0.15, 0.2) is 47.6 Å². The Morgan fingerprint density at radius 1 is 1.32 bits per heavy atom. The highest BCUT2D eigenvalue weighted by Crippen LogP contribution is 2.30. The molecule has 1 heterocycles. The van der Waals surface area contributed by atoms with Crippen LogP contribution in [0.25, 0.3) is 0 Å². The highest BCUT2D eigenvalue weighted by molar-refractivity contribution is 14.1. The van der Waals surface area contributed by atoms with Crippen molar-refractivity contribution in [1.82, 2.24) is 10.2 Å². The first-order chi connectivity index (χ1) is 16.3. The first kappa shape index (κ1) is 26.7. The fourth-order valence-corrected chi connectivity index (χ4v) is 4.71. The van der Waals surface area contributed by atoms with Crippen LogP contribution in [-0.4, -0.2) is 77.6 Å². The second kappa shape index (κ2) is 12.7. The van der Waals surface area contributed by atoms with E-state index in [1.165, 1.54) is 0 Å². The van der Waals surface area contributed by atoms with Gasteiger partial charge in [0.25, 0.3) is 0 Å². The van der Waals surface area contributed by atoms with Gasteiger partial charge in [-0.1, -0.05) is 17.7 Å². The van der Waals surface area contributed by atoms with Crippen molar-refractivity contribution in [1.29, 1.82) is 0 Å². The van der Waals surface area contributed by atoms with Crippen molar-refractivity contribution in [3.8, 4) is 5.75 Å². The number of aliphatic hydroxyl groups is 2. The van der Waals surface area contributed by atoms with E-state index < -0.39 is 18.2 Å². The molecule has 0 spiro atoms. The van der Waals surface area contributed by atoms with Gasteiger partial charge < -0.3 is 29.9 Å². The fraction of sp³-hybridized carbons (Fsp3) is 0.520. The molecular weight excluding hydrogens is 551 g/mol. The topological polar surface area (TPSA) is 108 Å². The van der Waals surface area contributed by atoms with Gasteiger partial charge in [0.05, 0.1) is 22.3 Å². The lowest BCUT2D eigenvalue weighted by Crippen LogP contribution is -2.56. The van der Waals surface area contributed by atoms with Crippen LogP contribution in [-0.2, 0) is 14.3 Å². The molecule has 0 saturated carbocycles. The van der Waals surface area contributed by atoms with Gasteiger partial charge >= 0.3 is 0 Å². The minimum absolute atomic E-state index is 0.113. The van der Waals surface area contributed by atoms with Gasteiger partial charge in [0.15, 0.2) is 0 Å². The number of carbonyl (C=O) groups is 2. The van der Waals surface area contributed by atoms with Crippen molar-refractivity contribution in [2.24, 2.45) is 0 Å². The lowest BCUT2D eigenvalue weighted by molar-refractivity contribution is -0.135. The predicted molar refractivity (Wildman–Crippen MR) is 136 cm³/mol. The Hall–Kier alpha value is -1.95. The number of para-hydroxylation sites is 1. The van der Waals surface area contributed by atoms with Gasteiger partial charge in [0.2, 0.25) is 11.8 Å². The molecule has 1 aromatic carbocycles. The number of amides is 2. The fourth-order valence-electron chi connectivity index (χ4n) is 4.19. The molecule has 3 N–H and O–H groups in total. The molecule has 34 heavy (non-hydrogen) atoms. The van der Waals surface area contributed by atoms with Gasteiger partial charge in [-0.2, -0.15) is 0 Å². The summed E-state index contributed by atoms with van der Waals surface area (Å²) in [5.41, 5.74) is 1.25. The lowest BCUT2D eigenvalue weighted by atomic mass is 9.87. The number of ether oxygens (including phenoxy) is 2. The molecule has 8 nitrogen and oxygen atoms in total. The summed E-state index contributed by atoms with van der Waals surface area (Å²) in [7, 11) is 0. The largest absolute Gasteiger partial charge is 0.482 e. The lowest BCUT2D eigenvalue weighted by Gasteiger charge is -2.41. The van der Waals surface area contributed by atoms with Crippen molar-refractivity contribution in [2.75, 3.05) is 26.3 Å². The summed E-state index contributed by atoms with van der Waals surface area (Å²) in [6.45, 7) is 4.59. The SMILES string of the molecule is CC(C)=CC(=O)N(C[C@H]1CCCO1)[C@@H]1CC(C(=O)NCCO)=C[C@H](Oc2ccccc2I)[C@H]1O. The first-order valence-corrected chi connectivity index (χ1v) is 12.6. The van der Waals surface area contributed by atoms with E-state index in [4.69, 9.17) is 14.6 Å². The Kier molecular flexibility index (Phi) is 9.93. The second-order valence-electron chi connectivity index (χ2n) is 8.79. The molecule has 1 aromatic rings. The van der Waals surface area contributed by atoms with Gasteiger partial charge in [0, 0.05) is 37.8 Å². The van der Waals surface area contributed by atoms with Gasteiger partial charge in [-0.3, -0.25) is 9.59 Å². The normalized spacial score (nSPS) is 24.2. The molecule has 3 rings (SSSR count). The van der Waals surface area contributed by atoms with Crippen LogP contribution >= 0.6 is 22.6 Å². The van der Waals surface area contributed by atoms with E-state index >= 15 is 0 Å². The molecule has 0 bridgehead atoms. The number of nitrogens with one attached hydrogen (secondary N) is 1. The molecule has 2 aliphatic rings. The highest BCUT2D eigenvalue weighted by Gasteiger charge is 2.41. The standard InChI is InChI=1S/C25H33IN2O6/c1-16(2)12-23(30)28(15-18-6-5-11-33-18)20-13-17(25(32)27-9-10-29)14-22(24(20)31)34-21-8-4-3-7-19(21)26/h3-4,7-8,12,14,18,20,22,24,29,31H,5-6,9-11,13,15H2,1-2H3,(H,27,32)/t18-,20-,22+,24+/m1/s1. The Morgan fingerprint density at radius 2 is 2.09 bits per heavy atom. The van der Waals surface area contributed by atoms with E-state index in [0.717, 1.165) is 22.0 Å². The average Bonchev–Trinajstić information content (AvgIpc) is 3.31. The zero-order valence-corrected chi connectivity index (χ0v) is 21.7. The van der Waals surface area contributed by atoms with Crippen molar-refractivity contribution in [3.63, 3.8) is 0 Å². The predicted octanol–water partition coefficient (Wildman–Crippen LogP) is 2.18. The van der Waals surface area contributed by atoms with E-state index in [2.05, 4.69) is 27.9 Å². The van der Waals surface area contributed by atoms with Gasteiger partial charge in [0.1, 0.15) is 18.0 Å². The number of benzene rings is 1. The molecule has 0 unspecified atom stereocenters. The summed E-state index contributed by atoms with van der Waals surface area (Å²) in [6, 6.07) is 6.74. The minimum atomic E-state index is -1.05. The van der Waals surface area contributed by atoms with Crippen molar-refractivity contribution in [2.45, 2.75) is 57.5 Å². The third-order valence-electron chi connectivity index (χ3n) is 5.83. The van der Waals surface area contributed by atoms with E-state index in [-0.39, 0.29) is 37.5 Å². The number of aliphatic hydroxyl groups excluding tert-OH is 2. The Labute approximate surface area is 214 Å². The molecule has 1 fully saturated rings. The molecule has 186 valence electrons. The zero-order valence-electron chi connectivity index (χ0n) is 19.6. The van der Waals surface area contributed by atoms with Crippen LogP contribution < -0.4 is 10.1 Å². The van der Waals surface area contributed by atoms with Crippen LogP contribution in [0.4, 0.5) is 0 Å². The summed E-state index contributed by atoms with van der Waals surface area (Å²) >= 11 is 2.15. The number of halogens is 1. The third-order valence-corrected chi connectivity index (χ3v) is 6.73. The quantitative estimate of drug-likeness (QED) is 0.304. The van der Waals surface area contributed by atoms with Crippen LogP contribution in [0, 0.1) is 3.57 Å². The summed E-state index contributed by atoms with van der Waals surface area (Å²) in [5, 5.41) is 23.2. The number of nitrogens with zero attached hydrogens (tertiary/aromatic N) is 1. The minimum Gasteiger partial charge on any atom is -0.482 e. The van der Waals surface area contributed by atoms with Gasteiger partial charge in [-0.25, -0.2) is 0 Å². The summed E-state index contributed by atoms with van der Waals surface area (Å²) < 4.78 is 12.8. The molecule has 9 heteroatoms. The van der Waals surface area contributed by atoms with Crippen LogP contribution in [0.1, 0.15) is 33.1 Å². The molecule has 1 saturated heterocycles. The highest BCUT2D eigenvalue weighted by atomic mass is 127. The summed E-state index contributed by atoms with van der Waals surface area (Å²) in [4.78, 5) is 27.7. The van der Waals surface area contributed by atoms with E-state index in [0.29, 0.717) is 24.5 Å². The van der Waals surface area contributed by atoms with E-state index in [9.17, 15) is 14.7 Å². The monoisotopic (exact) mass is 584 g/mol. The molecule has 0 aromatic heterocycles. The number of rotatable bonds is 9. The molecule has 2 amide bonds. The molecule has 0 radical (unpaired) electrons. The molecule has 1 aliphatic carbocycles. The summed E-state index contributed by atoms with van der Waals surface area (Å²) in [6.07, 6.45) is 3.08. The van der Waals surface area contributed by atoms with Crippen LogP contribution in [0.2, 0.25) is 0 Å². The maximum absolute atomic E-state index is 13.2. The van der Waals surface area contributed by atoms with Crippen LogP contribution in [0.5, 0.6) is 5.75 Å². The number of hydrogen-bond acceptors (Lipinski definition) is 6. The zero-order chi connectivity index (χ0) is 24.7. The smallest absolute Gasteiger partial charge is 0.247 e. The average molecular weight is 584 g/mol. The second-order valence-corrected chi connectivity index (χ2v) is 9.96. The Balaban J connectivity index is 1.94. The molecule has 1 aliphatic heterocycles.